The van der Waals surface area contributed by atoms with Gasteiger partial charge in [-0.25, -0.2) is 0 Å². The predicted octanol–water partition coefficient (Wildman–Crippen LogP) is 2.54. The van der Waals surface area contributed by atoms with Gasteiger partial charge in [-0.2, -0.15) is 0 Å². The van der Waals surface area contributed by atoms with E-state index in [1.807, 2.05) is 11.9 Å². The van der Waals surface area contributed by atoms with Crippen molar-refractivity contribution >= 4 is 24.1 Å². The lowest BCUT2D eigenvalue weighted by Gasteiger charge is -2.32. The first-order valence-electron chi connectivity index (χ1n) is 8.23. The van der Waals surface area contributed by atoms with E-state index in [1.165, 1.54) is 0 Å². The van der Waals surface area contributed by atoms with Crippen LogP contribution in [0.15, 0.2) is 24.3 Å². The van der Waals surface area contributed by atoms with Crippen molar-refractivity contribution in [3.8, 4) is 5.75 Å². The summed E-state index contributed by atoms with van der Waals surface area (Å²) in [6.07, 6.45) is 2.64. The van der Waals surface area contributed by atoms with Crippen LogP contribution in [-0.4, -0.2) is 50.4 Å². The third kappa shape index (κ3) is 5.80. The lowest BCUT2D eigenvalue weighted by Crippen LogP contribution is -2.40. The number of carbonyl (C=O) groups is 2. The summed E-state index contributed by atoms with van der Waals surface area (Å²) in [7, 11) is 3.55. The summed E-state index contributed by atoms with van der Waals surface area (Å²) in [5, 5.41) is 3.19. The molecule has 5 nitrogen and oxygen atoms in total. The Morgan fingerprint density at radius 2 is 1.79 bits per heavy atom. The molecule has 1 saturated heterocycles. The van der Waals surface area contributed by atoms with Gasteiger partial charge < -0.3 is 15.0 Å². The molecule has 24 heavy (non-hydrogen) atoms. The van der Waals surface area contributed by atoms with Gasteiger partial charge in [0.2, 0.25) is 5.91 Å². The van der Waals surface area contributed by atoms with Gasteiger partial charge in [0.15, 0.2) is 5.78 Å². The molecule has 1 aliphatic heterocycles. The maximum absolute atomic E-state index is 12.2. The Balaban J connectivity index is 0.00000288. The van der Waals surface area contributed by atoms with Crippen molar-refractivity contribution in [2.24, 2.45) is 5.92 Å². The third-order valence-corrected chi connectivity index (χ3v) is 4.44. The molecule has 1 fully saturated rings. The Bertz CT molecular complexity index is 526. The average Bonchev–Trinajstić information content (AvgIpc) is 2.60. The Morgan fingerprint density at radius 1 is 1.17 bits per heavy atom. The van der Waals surface area contributed by atoms with Gasteiger partial charge in [-0.05, 0) is 56.6 Å². The Morgan fingerprint density at radius 3 is 2.33 bits per heavy atom. The molecule has 0 atom stereocenters. The lowest BCUT2D eigenvalue weighted by molar-refractivity contribution is -0.132. The molecule has 2 rings (SSSR count). The van der Waals surface area contributed by atoms with Gasteiger partial charge in [0.1, 0.15) is 5.75 Å². The minimum atomic E-state index is 0. The fourth-order valence-electron chi connectivity index (χ4n) is 2.97. The minimum absolute atomic E-state index is 0. The van der Waals surface area contributed by atoms with Crippen LogP contribution in [0.2, 0.25) is 0 Å². The van der Waals surface area contributed by atoms with E-state index in [0.717, 1.165) is 38.2 Å². The van der Waals surface area contributed by atoms with Crippen molar-refractivity contribution in [1.29, 1.82) is 0 Å². The van der Waals surface area contributed by atoms with Crippen LogP contribution >= 0.6 is 12.4 Å². The molecule has 1 N–H and O–H groups in total. The predicted molar refractivity (Wildman–Crippen MR) is 97.0 cm³/mol. The van der Waals surface area contributed by atoms with Crippen LogP contribution in [0.1, 0.15) is 36.0 Å². The van der Waals surface area contributed by atoms with Gasteiger partial charge in [-0.3, -0.25) is 9.59 Å². The molecule has 0 aliphatic carbocycles. The van der Waals surface area contributed by atoms with Gasteiger partial charge >= 0.3 is 0 Å². The molecule has 134 valence electrons. The van der Waals surface area contributed by atoms with Crippen molar-refractivity contribution in [3.05, 3.63) is 29.8 Å². The maximum atomic E-state index is 12.2. The molecule has 0 unspecified atom stereocenters. The number of ether oxygens (including phenoxy) is 1. The maximum Gasteiger partial charge on any atom is 0.223 e. The highest BCUT2D eigenvalue weighted by atomic mass is 35.5. The van der Waals surface area contributed by atoms with Crippen LogP contribution in [0, 0.1) is 5.92 Å². The number of hydrogen-bond donors (Lipinski definition) is 1. The SMILES string of the molecule is CNCC1CCN(C(=O)CCC(=O)c2ccc(OC)cc2)CC1.Cl. The monoisotopic (exact) mass is 354 g/mol. The van der Waals surface area contributed by atoms with Crippen molar-refractivity contribution in [1.82, 2.24) is 10.2 Å². The van der Waals surface area contributed by atoms with E-state index in [-0.39, 0.29) is 30.5 Å². The number of halogens is 1. The van der Waals surface area contributed by atoms with E-state index in [4.69, 9.17) is 4.74 Å². The smallest absolute Gasteiger partial charge is 0.223 e. The molecular weight excluding hydrogens is 328 g/mol. The lowest BCUT2D eigenvalue weighted by atomic mass is 9.96. The zero-order valence-electron chi connectivity index (χ0n) is 14.4. The van der Waals surface area contributed by atoms with Crippen molar-refractivity contribution in [2.45, 2.75) is 25.7 Å². The van der Waals surface area contributed by atoms with Crippen molar-refractivity contribution in [2.75, 3.05) is 33.8 Å². The first-order valence-corrected chi connectivity index (χ1v) is 8.23. The van der Waals surface area contributed by atoms with Crippen LogP contribution in [0.5, 0.6) is 5.75 Å². The minimum Gasteiger partial charge on any atom is -0.497 e. The number of nitrogens with zero attached hydrogens (tertiary/aromatic N) is 1. The fraction of sp³-hybridized carbons (Fsp3) is 0.556. The van der Waals surface area contributed by atoms with E-state index in [1.54, 1.807) is 31.4 Å². The quantitative estimate of drug-likeness (QED) is 0.764. The second-order valence-corrected chi connectivity index (χ2v) is 6.03. The van der Waals surface area contributed by atoms with Crippen molar-refractivity contribution < 1.29 is 14.3 Å². The Hall–Kier alpha value is -1.59. The number of piperidine rings is 1. The highest BCUT2D eigenvalue weighted by molar-refractivity contribution is 5.98. The van der Waals surface area contributed by atoms with Crippen LogP contribution in [0.3, 0.4) is 0 Å². The van der Waals surface area contributed by atoms with Gasteiger partial charge in [0, 0.05) is 31.5 Å². The zero-order valence-corrected chi connectivity index (χ0v) is 15.2. The Labute approximate surface area is 150 Å². The summed E-state index contributed by atoms with van der Waals surface area (Å²) in [4.78, 5) is 26.3. The number of hydrogen-bond acceptors (Lipinski definition) is 4. The third-order valence-electron chi connectivity index (χ3n) is 4.44. The number of methoxy groups -OCH3 is 1. The Kier molecular flexibility index (Phi) is 8.79. The largest absolute Gasteiger partial charge is 0.497 e. The molecule has 1 amide bonds. The average molecular weight is 355 g/mol. The molecular formula is C18H27ClN2O3. The molecule has 0 bridgehead atoms. The van der Waals surface area contributed by atoms with E-state index < -0.39 is 0 Å². The zero-order chi connectivity index (χ0) is 16.7. The van der Waals surface area contributed by atoms with Gasteiger partial charge in [-0.15, -0.1) is 12.4 Å². The van der Waals surface area contributed by atoms with Gasteiger partial charge in [-0.1, -0.05) is 0 Å². The summed E-state index contributed by atoms with van der Waals surface area (Å²) in [6.45, 7) is 2.63. The summed E-state index contributed by atoms with van der Waals surface area (Å²) in [5.41, 5.74) is 0.631. The molecule has 1 aromatic carbocycles. The molecule has 0 radical (unpaired) electrons. The molecule has 1 aliphatic rings. The molecule has 0 saturated carbocycles. The number of carbonyl (C=O) groups excluding carboxylic acids is 2. The summed E-state index contributed by atoms with van der Waals surface area (Å²) in [5.74, 6) is 1.48. The van der Waals surface area contributed by atoms with Crippen LogP contribution < -0.4 is 10.1 Å². The van der Waals surface area contributed by atoms with E-state index in [2.05, 4.69) is 5.32 Å². The molecule has 0 aromatic heterocycles. The standard InChI is InChI=1S/C18H26N2O3.ClH/c1-19-13-14-9-11-20(12-10-14)18(22)8-7-17(21)15-3-5-16(23-2)6-4-15;/h3-6,14,19H,7-13H2,1-2H3;1H. The van der Waals surface area contributed by atoms with Crippen LogP contribution in [0.4, 0.5) is 0 Å². The highest BCUT2D eigenvalue weighted by Crippen LogP contribution is 2.18. The number of Topliss-reactive ketones (excluding diaryl/α,β-unsaturated/α-hetero) is 1. The number of benzene rings is 1. The van der Waals surface area contributed by atoms with Crippen LogP contribution in [-0.2, 0) is 4.79 Å². The van der Waals surface area contributed by atoms with E-state index >= 15 is 0 Å². The number of rotatable bonds is 7. The van der Waals surface area contributed by atoms with Gasteiger partial charge in [0.05, 0.1) is 7.11 Å². The van der Waals surface area contributed by atoms with Crippen molar-refractivity contribution in [3.63, 3.8) is 0 Å². The summed E-state index contributed by atoms with van der Waals surface area (Å²) >= 11 is 0. The second kappa shape index (κ2) is 10.3. The molecule has 6 heteroatoms. The number of likely N-dealkylation sites (tertiary alicyclic amines) is 1. The van der Waals surface area contributed by atoms with Gasteiger partial charge in [0.25, 0.3) is 0 Å². The second-order valence-electron chi connectivity index (χ2n) is 6.03. The molecule has 1 aromatic rings. The molecule has 1 heterocycles. The number of ketones is 1. The fourth-order valence-corrected chi connectivity index (χ4v) is 2.97. The highest BCUT2D eigenvalue weighted by Gasteiger charge is 2.22. The normalized spacial score (nSPS) is 14.8. The topological polar surface area (TPSA) is 58.6 Å². The van der Waals surface area contributed by atoms with E-state index in [0.29, 0.717) is 17.9 Å². The van der Waals surface area contributed by atoms with Crippen LogP contribution in [0.25, 0.3) is 0 Å². The molecule has 0 spiro atoms. The number of amides is 1. The first-order chi connectivity index (χ1) is 11.1. The van der Waals surface area contributed by atoms with E-state index in [9.17, 15) is 9.59 Å². The first kappa shape index (κ1) is 20.5. The summed E-state index contributed by atoms with van der Waals surface area (Å²) in [6, 6.07) is 7.02. The number of nitrogens with one attached hydrogen (secondary N) is 1. The summed E-state index contributed by atoms with van der Waals surface area (Å²) < 4.78 is 5.08.